The van der Waals surface area contributed by atoms with E-state index < -0.39 is 0 Å². The first-order valence-electron chi connectivity index (χ1n) is 6.65. The molecule has 0 saturated carbocycles. The number of nitrogens with one attached hydrogen (secondary N) is 2. The monoisotopic (exact) mass is 244 g/mol. The van der Waals surface area contributed by atoms with E-state index in [0.29, 0.717) is 25.5 Å². The van der Waals surface area contributed by atoms with E-state index in [0.717, 1.165) is 19.5 Å². The molecule has 1 amide bonds. The number of ether oxygens (including phenoxy) is 1. The second-order valence-corrected chi connectivity index (χ2v) is 4.76. The molecule has 17 heavy (non-hydrogen) atoms. The van der Waals surface area contributed by atoms with Crippen LogP contribution >= 0.6 is 0 Å². The second kappa shape index (κ2) is 10.5. The third kappa shape index (κ3) is 11.6. The summed E-state index contributed by atoms with van der Waals surface area (Å²) in [5.74, 6) is 0.707. The van der Waals surface area contributed by atoms with Gasteiger partial charge in [0.2, 0.25) is 5.91 Å². The highest BCUT2D eigenvalue weighted by Gasteiger charge is 2.06. The van der Waals surface area contributed by atoms with Gasteiger partial charge < -0.3 is 15.4 Å². The Labute approximate surface area is 105 Å². The zero-order valence-corrected chi connectivity index (χ0v) is 11.7. The van der Waals surface area contributed by atoms with E-state index in [1.165, 1.54) is 0 Å². The van der Waals surface area contributed by atoms with E-state index in [9.17, 15) is 4.79 Å². The summed E-state index contributed by atoms with van der Waals surface area (Å²) in [7, 11) is 0. The van der Waals surface area contributed by atoms with Crippen LogP contribution in [-0.2, 0) is 9.53 Å². The smallest absolute Gasteiger partial charge is 0.222 e. The highest BCUT2D eigenvalue weighted by Crippen LogP contribution is 2.07. The summed E-state index contributed by atoms with van der Waals surface area (Å²) in [6.45, 7) is 11.4. The summed E-state index contributed by atoms with van der Waals surface area (Å²) < 4.78 is 5.57. The van der Waals surface area contributed by atoms with E-state index in [-0.39, 0.29) is 12.0 Å². The molecule has 4 heteroatoms. The van der Waals surface area contributed by atoms with E-state index >= 15 is 0 Å². The molecule has 0 radical (unpaired) electrons. The lowest BCUT2D eigenvalue weighted by Crippen LogP contribution is -2.32. The zero-order chi connectivity index (χ0) is 13.1. The largest absolute Gasteiger partial charge is 0.378 e. The topological polar surface area (TPSA) is 50.4 Å². The standard InChI is InChI=1S/C13H28N2O2/c1-5-14-7-8-15-13(16)6-9-17-12(4)10-11(2)3/h11-12,14H,5-10H2,1-4H3,(H,15,16). The Kier molecular flexibility index (Phi) is 10.2. The van der Waals surface area contributed by atoms with Crippen molar-refractivity contribution in [3.05, 3.63) is 0 Å². The van der Waals surface area contributed by atoms with Crippen molar-refractivity contribution in [2.45, 2.75) is 46.6 Å². The maximum Gasteiger partial charge on any atom is 0.222 e. The van der Waals surface area contributed by atoms with Crippen LogP contribution in [0.1, 0.15) is 40.5 Å². The number of likely N-dealkylation sites (N-methyl/N-ethyl adjacent to an activating group) is 1. The van der Waals surface area contributed by atoms with Crippen LogP contribution in [0.3, 0.4) is 0 Å². The van der Waals surface area contributed by atoms with Gasteiger partial charge in [-0.2, -0.15) is 0 Å². The van der Waals surface area contributed by atoms with E-state index in [1.54, 1.807) is 0 Å². The SMILES string of the molecule is CCNCCNC(=O)CCOC(C)CC(C)C. The number of carbonyl (C=O) groups is 1. The van der Waals surface area contributed by atoms with Crippen molar-refractivity contribution in [2.24, 2.45) is 5.92 Å². The van der Waals surface area contributed by atoms with Crippen LogP contribution in [0.4, 0.5) is 0 Å². The minimum absolute atomic E-state index is 0.0691. The van der Waals surface area contributed by atoms with Gasteiger partial charge in [0.25, 0.3) is 0 Å². The van der Waals surface area contributed by atoms with Gasteiger partial charge in [-0.3, -0.25) is 4.79 Å². The molecule has 1 unspecified atom stereocenters. The summed E-state index contributed by atoms with van der Waals surface area (Å²) in [4.78, 5) is 11.4. The molecule has 2 N–H and O–H groups in total. The number of hydrogen-bond acceptors (Lipinski definition) is 3. The van der Waals surface area contributed by atoms with E-state index in [4.69, 9.17) is 4.74 Å². The molecule has 1 atom stereocenters. The fourth-order valence-corrected chi connectivity index (χ4v) is 1.64. The van der Waals surface area contributed by atoms with Crippen LogP contribution in [0.25, 0.3) is 0 Å². The quantitative estimate of drug-likeness (QED) is 0.573. The van der Waals surface area contributed by atoms with Gasteiger partial charge in [-0.25, -0.2) is 0 Å². The molecule has 0 spiro atoms. The van der Waals surface area contributed by atoms with Crippen molar-refractivity contribution < 1.29 is 9.53 Å². The van der Waals surface area contributed by atoms with Crippen molar-refractivity contribution in [3.63, 3.8) is 0 Å². The first kappa shape index (κ1) is 16.4. The lowest BCUT2D eigenvalue weighted by Gasteiger charge is -2.14. The highest BCUT2D eigenvalue weighted by atomic mass is 16.5. The third-order valence-corrected chi connectivity index (χ3v) is 2.41. The van der Waals surface area contributed by atoms with Crippen LogP contribution in [-0.4, -0.2) is 38.3 Å². The molecule has 102 valence electrons. The molecule has 0 heterocycles. The number of rotatable bonds is 10. The normalized spacial score (nSPS) is 12.8. The van der Waals surface area contributed by atoms with Crippen LogP contribution in [0.15, 0.2) is 0 Å². The summed E-state index contributed by atoms with van der Waals surface area (Å²) in [5.41, 5.74) is 0. The highest BCUT2D eigenvalue weighted by molar-refractivity contribution is 5.75. The minimum atomic E-state index is 0.0691. The lowest BCUT2D eigenvalue weighted by molar-refractivity contribution is -0.122. The molecule has 0 aliphatic carbocycles. The second-order valence-electron chi connectivity index (χ2n) is 4.76. The molecule has 0 aromatic heterocycles. The van der Waals surface area contributed by atoms with Crippen molar-refractivity contribution in [1.82, 2.24) is 10.6 Å². The molecule has 0 bridgehead atoms. The lowest BCUT2D eigenvalue weighted by atomic mass is 10.1. The number of hydrogen-bond donors (Lipinski definition) is 2. The molecule has 0 saturated heterocycles. The summed E-state index contributed by atoms with van der Waals surface area (Å²) in [6, 6.07) is 0. The number of amides is 1. The maximum atomic E-state index is 11.4. The van der Waals surface area contributed by atoms with Crippen molar-refractivity contribution in [3.8, 4) is 0 Å². The Morgan fingerprint density at radius 2 is 1.94 bits per heavy atom. The summed E-state index contributed by atoms with van der Waals surface area (Å²) in [5, 5.41) is 6.00. The third-order valence-electron chi connectivity index (χ3n) is 2.41. The molecule has 0 aromatic carbocycles. The molecule has 0 rings (SSSR count). The molecule has 4 nitrogen and oxygen atoms in total. The van der Waals surface area contributed by atoms with Crippen molar-refractivity contribution in [2.75, 3.05) is 26.2 Å². The first-order valence-corrected chi connectivity index (χ1v) is 6.65. The Balaban J connectivity index is 3.38. The van der Waals surface area contributed by atoms with Crippen LogP contribution < -0.4 is 10.6 Å². The predicted octanol–water partition coefficient (Wildman–Crippen LogP) is 1.55. The van der Waals surface area contributed by atoms with Crippen molar-refractivity contribution in [1.29, 1.82) is 0 Å². The van der Waals surface area contributed by atoms with Gasteiger partial charge in [-0.05, 0) is 25.8 Å². The van der Waals surface area contributed by atoms with Gasteiger partial charge in [0.15, 0.2) is 0 Å². The number of carbonyl (C=O) groups excluding carboxylic acids is 1. The van der Waals surface area contributed by atoms with E-state index in [2.05, 4.69) is 31.4 Å². The molecule has 0 aromatic rings. The molecule has 0 aliphatic heterocycles. The predicted molar refractivity (Wildman–Crippen MR) is 71.0 cm³/mol. The first-order chi connectivity index (χ1) is 8.06. The maximum absolute atomic E-state index is 11.4. The minimum Gasteiger partial charge on any atom is -0.378 e. The Bertz CT molecular complexity index is 196. The van der Waals surface area contributed by atoms with Gasteiger partial charge in [0, 0.05) is 19.5 Å². The van der Waals surface area contributed by atoms with Crippen LogP contribution in [0.2, 0.25) is 0 Å². The Morgan fingerprint density at radius 1 is 1.24 bits per heavy atom. The van der Waals surface area contributed by atoms with Gasteiger partial charge >= 0.3 is 0 Å². The fourth-order valence-electron chi connectivity index (χ4n) is 1.64. The average Bonchev–Trinajstić information content (AvgIpc) is 2.23. The van der Waals surface area contributed by atoms with Crippen LogP contribution in [0, 0.1) is 5.92 Å². The summed E-state index contributed by atoms with van der Waals surface area (Å²) >= 11 is 0. The molecular formula is C13H28N2O2. The van der Waals surface area contributed by atoms with Gasteiger partial charge in [-0.15, -0.1) is 0 Å². The van der Waals surface area contributed by atoms with Gasteiger partial charge in [-0.1, -0.05) is 20.8 Å². The zero-order valence-electron chi connectivity index (χ0n) is 11.7. The summed E-state index contributed by atoms with van der Waals surface area (Å²) in [6.07, 6.45) is 1.74. The van der Waals surface area contributed by atoms with E-state index in [1.807, 2.05) is 6.92 Å². The van der Waals surface area contributed by atoms with Gasteiger partial charge in [0.05, 0.1) is 12.7 Å². The van der Waals surface area contributed by atoms with Crippen LogP contribution in [0.5, 0.6) is 0 Å². The van der Waals surface area contributed by atoms with Crippen molar-refractivity contribution >= 4 is 5.91 Å². The fraction of sp³-hybridized carbons (Fsp3) is 0.923. The van der Waals surface area contributed by atoms with Gasteiger partial charge in [0.1, 0.15) is 0 Å². The molecular weight excluding hydrogens is 216 g/mol. The Morgan fingerprint density at radius 3 is 2.53 bits per heavy atom. The molecule has 0 aliphatic rings. The average molecular weight is 244 g/mol. The molecule has 0 fully saturated rings. The Hall–Kier alpha value is -0.610.